The third-order valence-corrected chi connectivity index (χ3v) is 4.20. The van der Waals surface area contributed by atoms with Crippen LogP contribution in [-0.4, -0.2) is 38.1 Å². The van der Waals surface area contributed by atoms with E-state index in [0.29, 0.717) is 0 Å². The van der Waals surface area contributed by atoms with Gasteiger partial charge in [-0.25, -0.2) is 17.5 Å². The summed E-state index contributed by atoms with van der Waals surface area (Å²) in [5.41, 5.74) is 0.000770. The highest BCUT2D eigenvalue weighted by Gasteiger charge is 2.22. The van der Waals surface area contributed by atoms with E-state index in [-0.39, 0.29) is 12.2 Å². The van der Waals surface area contributed by atoms with Gasteiger partial charge in [0.2, 0.25) is 10.0 Å². The summed E-state index contributed by atoms with van der Waals surface area (Å²) in [6, 6.07) is 2.19. The second-order valence-corrected chi connectivity index (χ2v) is 6.66. The number of carbonyl (C=O) groups excluding carboxylic acids is 1. The Kier molecular flexibility index (Phi) is 5.82. The van der Waals surface area contributed by atoms with Gasteiger partial charge in [0, 0.05) is 17.6 Å². The van der Waals surface area contributed by atoms with Crippen LogP contribution in [-0.2, 0) is 10.0 Å². The number of carbonyl (C=O) groups is 1. The molecule has 6 nitrogen and oxygen atoms in total. The van der Waals surface area contributed by atoms with Gasteiger partial charge in [-0.2, -0.15) is 0 Å². The highest BCUT2D eigenvalue weighted by Crippen LogP contribution is 2.17. The monoisotopic (exact) mass is 318 g/mol. The molecule has 0 saturated heterocycles. The maximum absolute atomic E-state index is 13.7. The smallest absolute Gasteiger partial charge is 0.251 e. The molecule has 118 valence electrons. The van der Waals surface area contributed by atoms with Gasteiger partial charge in [-0.3, -0.25) is 4.79 Å². The number of hydrogen-bond donors (Lipinski definition) is 3. The van der Waals surface area contributed by atoms with Crippen molar-refractivity contribution in [1.82, 2.24) is 10.0 Å². The second kappa shape index (κ2) is 6.97. The van der Waals surface area contributed by atoms with E-state index in [1.165, 1.54) is 6.07 Å². The number of nitrogens with one attached hydrogen (secondary N) is 2. The second-order valence-electron chi connectivity index (χ2n) is 4.98. The summed E-state index contributed by atoms with van der Waals surface area (Å²) < 4.78 is 40.0. The van der Waals surface area contributed by atoms with Gasteiger partial charge in [0.15, 0.2) is 0 Å². The molecule has 0 spiro atoms. The van der Waals surface area contributed by atoms with Crippen LogP contribution >= 0.6 is 0 Å². The largest absolute Gasteiger partial charge is 0.394 e. The standard InChI is InChI=1S/C13H19FN2O4S/c1-8(2)16-21(19,20)12-6-10(4-5-11(12)14)13(18)15-9(3)7-17/h4-6,8-9,16-17H,7H2,1-3H3,(H,15,18). The van der Waals surface area contributed by atoms with Gasteiger partial charge in [0.25, 0.3) is 5.91 Å². The van der Waals surface area contributed by atoms with Crippen LogP contribution in [0.1, 0.15) is 31.1 Å². The molecule has 1 unspecified atom stereocenters. The number of aliphatic hydroxyl groups is 1. The molecule has 1 atom stereocenters. The lowest BCUT2D eigenvalue weighted by atomic mass is 10.2. The van der Waals surface area contributed by atoms with E-state index >= 15 is 0 Å². The molecular formula is C13H19FN2O4S. The predicted octanol–water partition coefficient (Wildman–Crippen LogP) is 0.623. The average molecular weight is 318 g/mol. The SMILES string of the molecule is CC(C)NS(=O)(=O)c1cc(C(=O)NC(C)CO)ccc1F. The molecule has 0 bridgehead atoms. The topological polar surface area (TPSA) is 95.5 Å². The third kappa shape index (κ3) is 4.76. The Hall–Kier alpha value is -1.51. The molecule has 0 heterocycles. The van der Waals surface area contributed by atoms with Crippen LogP contribution in [0.25, 0.3) is 0 Å². The summed E-state index contributed by atoms with van der Waals surface area (Å²) in [5, 5.41) is 11.3. The van der Waals surface area contributed by atoms with Crippen LogP contribution in [0, 0.1) is 5.82 Å². The summed E-state index contributed by atoms with van der Waals surface area (Å²) in [5.74, 6) is -1.52. The molecule has 0 aliphatic carbocycles. The van der Waals surface area contributed by atoms with Gasteiger partial charge in [-0.1, -0.05) is 0 Å². The van der Waals surface area contributed by atoms with E-state index in [1.54, 1.807) is 20.8 Å². The minimum atomic E-state index is -4.03. The minimum Gasteiger partial charge on any atom is -0.394 e. The zero-order valence-corrected chi connectivity index (χ0v) is 12.9. The van der Waals surface area contributed by atoms with Crippen molar-refractivity contribution in [3.05, 3.63) is 29.6 Å². The van der Waals surface area contributed by atoms with Gasteiger partial charge in [-0.15, -0.1) is 0 Å². The Balaban J connectivity index is 3.14. The molecule has 1 rings (SSSR count). The molecule has 1 aromatic carbocycles. The van der Waals surface area contributed by atoms with Gasteiger partial charge in [-0.05, 0) is 39.0 Å². The number of amides is 1. The number of benzene rings is 1. The molecule has 0 aliphatic rings. The first kappa shape index (κ1) is 17.5. The number of hydrogen-bond acceptors (Lipinski definition) is 4. The number of aliphatic hydroxyl groups excluding tert-OH is 1. The third-order valence-electron chi connectivity index (χ3n) is 2.53. The summed E-state index contributed by atoms with van der Waals surface area (Å²) in [7, 11) is -4.03. The van der Waals surface area contributed by atoms with Crippen molar-refractivity contribution in [2.75, 3.05) is 6.61 Å². The summed E-state index contributed by atoms with van der Waals surface area (Å²) >= 11 is 0. The van der Waals surface area contributed by atoms with E-state index in [0.717, 1.165) is 12.1 Å². The van der Waals surface area contributed by atoms with Crippen LogP contribution in [0.5, 0.6) is 0 Å². The van der Waals surface area contributed by atoms with Crippen molar-refractivity contribution >= 4 is 15.9 Å². The zero-order valence-electron chi connectivity index (χ0n) is 12.1. The number of halogens is 1. The molecule has 1 amide bonds. The van der Waals surface area contributed by atoms with E-state index in [2.05, 4.69) is 10.0 Å². The van der Waals surface area contributed by atoms with Crippen molar-refractivity contribution in [1.29, 1.82) is 0 Å². The van der Waals surface area contributed by atoms with Crippen molar-refractivity contribution < 1.29 is 22.7 Å². The Morgan fingerprint density at radius 2 is 1.95 bits per heavy atom. The van der Waals surface area contributed by atoms with E-state index in [4.69, 9.17) is 5.11 Å². The van der Waals surface area contributed by atoms with Crippen LogP contribution in [0.2, 0.25) is 0 Å². The highest BCUT2D eigenvalue weighted by molar-refractivity contribution is 7.89. The molecule has 8 heteroatoms. The average Bonchev–Trinajstić information content (AvgIpc) is 2.37. The Bertz CT molecular complexity index is 617. The highest BCUT2D eigenvalue weighted by atomic mass is 32.2. The van der Waals surface area contributed by atoms with Crippen LogP contribution in [0.15, 0.2) is 23.1 Å². The molecule has 0 fully saturated rings. The van der Waals surface area contributed by atoms with Crippen LogP contribution in [0.4, 0.5) is 4.39 Å². The fraction of sp³-hybridized carbons (Fsp3) is 0.462. The quantitative estimate of drug-likeness (QED) is 0.716. The molecule has 1 aromatic rings. The van der Waals surface area contributed by atoms with Crippen LogP contribution in [0.3, 0.4) is 0 Å². The van der Waals surface area contributed by atoms with E-state index in [1.807, 2.05) is 0 Å². The first-order valence-corrected chi connectivity index (χ1v) is 7.89. The van der Waals surface area contributed by atoms with Crippen molar-refractivity contribution in [2.45, 2.75) is 37.8 Å². The van der Waals surface area contributed by atoms with Gasteiger partial charge < -0.3 is 10.4 Å². The predicted molar refractivity (Wildman–Crippen MR) is 75.9 cm³/mol. The fourth-order valence-corrected chi connectivity index (χ4v) is 2.93. The van der Waals surface area contributed by atoms with E-state index < -0.39 is 38.7 Å². The molecule has 0 radical (unpaired) electrons. The van der Waals surface area contributed by atoms with Crippen molar-refractivity contribution in [3.63, 3.8) is 0 Å². The lowest BCUT2D eigenvalue weighted by Gasteiger charge is -2.13. The first-order valence-electron chi connectivity index (χ1n) is 6.41. The molecule has 0 saturated carbocycles. The lowest BCUT2D eigenvalue weighted by Crippen LogP contribution is -2.35. The minimum absolute atomic E-state index is 0.000770. The van der Waals surface area contributed by atoms with Crippen molar-refractivity contribution in [3.8, 4) is 0 Å². The molecule has 21 heavy (non-hydrogen) atoms. The van der Waals surface area contributed by atoms with Gasteiger partial charge >= 0.3 is 0 Å². The summed E-state index contributed by atoms with van der Waals surface area (Å²) in [6.45, 7) is 4.54. The Morgan fingerprint density at radius 1 is 1.33 bits per heavy atom. The van der Waals surface area contributed by atoms with Gasteiger partial charge in [0.1, 0.15) is 10.7 Å². The number of sulfonamides is 1. The van der Waals surface area contributed by atoms with Crippen molar-refractivity contribution in [2.24, 2.45) is 0 Å². The molecular weight excluding hydrogens is 299 g/mol. The maximum Gasteiger partial charge on any atom is 0.251 e. The van der Waals surface area contributed by atoms with Gasteiger partial charge in [0.05, 0.1) is 6.61 Å². The normalized spacial score (nSPS) is 13.2. The number of rotatable bonds is 6. The first-order chi connectivity index (χ1) is 9.67. The molecule has 3 N–H and O–H groups in total. The maximum atomic E-state index is 13.7. The molecule has 0 aromatic heterocycles. The summed E-state index contributed by atoms with van der Waals surface area (Å²) in [4.78, 5) is 11.3. The lowest BCUT2D eigenvalue weighted by molar-refractivity contribution is 0.0922. The Labute approximate surface area is 123 Å². The van der Waals surface area contributed by atoms with E-state index in [9.17, 15) is 17.6 Å². The van der Waals surface area contributed by atoms with Crippen LogP contribution < -0.4 is 10.0 Å². The zero-order chi connectivity index (χ0) is 16.2. The molecule has 0 aliphatic heterocycles. The summed E-state index contributed by atoms with van der Waals surface area (Å²) in [6.07, 6.45) is 0. The fourth-order valence-electron chi connectivity index (χ4n) is 1.58. The Morgan fingerprint density at radius 3 is 2.48 bits per heavy atom.